The van der Waals surface area contributed by atoms with E-state index in [-0.39, 0.29) is 12.3 Å². The number of benzene rings is 2. The number of hydrogen-bond acceptors (Lipinski definition) is 5. The summed E-state index contributed by atoms with van der Waals surface area (Å²) >= 11 is 1.60. The second-order valence-electron chi connectivity index (χ2n) is 7.31. The van der Waals surface area contributed by atoms with Crippen LogP contribution in [0.3, 0.4) is 0 Å². The molecular weight excluding hydrogens is 426 g/mol. The third kappa shape index (κ3) is 4.65. The van der Waals surface area contributed by atoms with Crippen LogP contribution in [0.5, 0.6) is 5.75 Å². The highest BCUT2D eigenvalue weighted by Gasteiger charge is 2.46. The molecule has 8 heteroatoms. The molecule has 0 saturated carbocycles. The van der Waals surface area contributed by atoms with E-state index >= 15 is 0 Å². The molecule has 0 radical (unpaired) electrons. The Morgan fingerprint density at radius 3 is 2.59 bits per heavy atom. The van der Waals surface area contributed by atoms with Crippen molar-refractivity contribution in [2.45, 2.75) is 18.9 Å². The van der Waals surface area contributed by atoms with Gasteiger partial charge in [0.1, 0.15) is 11.8 Å². The first kappa shape index (κ1) is 21.6. The first-order valence-corrected chi connectivity index (χ1v) is 11.1. The zero-order valence-corrected chi connectivity index (χ0v) is 18.4. The Bertz CT molecular complexity index is 1100. The number of carbonyl (C=O) groups is 3. The Hall–Kier alpha value is -3.65. The highest BCUT2D eigenvalue weighted by atomic mass is 32.1. The summed E-state index contributed by atoms with van der Waals surface area (Å²) < 4.78 is 5.24. The zero-order chi connectivity index (χ0) is 22.5. The predicted octanol–water partition coefficient (Wildman–Crippen LogP) is 4.17. The molecule has 1 unspecified atom stereocenters. The SMILES string of the molecule is COc1cccc(N2C(=O)C(CC(=O)Nc3ccccc3)N(CCc3cccs3)C2=O)c1. The fourth-order valence-corrected chi connectivity index (χ4v) is 4.37. The number of methoxy groups -OCH3 is 1. The standard InChI is InChI=1S/C24H23N3O4S/c1-31-19-10-5-9-18(15-19)27-23(29)21(16-22(28)25-17-7-3-2-4-8-17)26(24(27)30)13-12-20-11-6-14-32-20/h2-11,14-15,21H,12-13,16H2,1H3,(H,25,28). The van der Waals surface area contributed by atoms with Crippen molar-refractivity contribution >= 4 is 40.6 Å². The van der Waals surface area contributed by atoms with Crippen LogP contribution in [0.2, 0.25) is 0 Å². The molecule has 1 aliphatic heterocycles. The third-order valence-corrected chi connectivity index (χ3v) is 6.18. The van der Waals surface area contributed by atoms with Gasteiger partial charge in [-0.15, -0.1) is 11.3 Å². The summed E-state index contributed by atoms with van der Waals surface area (Å²) in [6, 6.07) is 18.5. The average molecular weight is 450 g/mol. The van der Waals surface area contributed by atoms with Crippen molar-refractivity contribution in [1.29, 1.82) is 0 Å². The van der Waals surface area contributed by atoms with E-state index in [1.807, 2.05) is 35.7 Å². The van der Waals surface area contributed by atoms with Crippen LogP contribution in [-0.4, -0.2) is 42.4 Å². The molecule has 1 aromatic heterocycles. The van der Waals surface area contributed by atoms with Gasteiger partial charge in [0, 0.05) is 23.2 Å². The van der Waals surface area contributed by atoms with Crippen molar-refractivity contribution in [2.24, 2.45) is 0 Å². The molecule has 2 heterocycles. The van der Waals surface area contributed by atoms with Crippen LogP contribution >= 0.6 is 11.3 Å². The number of anilines is 2. The molecule has 0 bridgehead atoms. The average Bonchev–Trinajstić information content (AvgIpc) is 3.40. The van der Waals surface area contributed by atoms with Gasteiger partial charge in [-0.05, 0) is 42.1 Å². The van der Waals surface area contributed by atoms with Gasteiger partial charge in [0.15, 0.2) is 0 Å². The zero-order valence-electron chi connectivity index (χ0n) is 17.6. The third-order valence-electron chi connectivity index (χ3n) is 5.25. The lowest BCUT2D eigenvalue weighted by Gasteiger charge is -2.21. The van der Waals surface area contributed by atoms with Crippen molar-refractivity contribution < 1.29 is 19.1 Å². The lowest BCUT2D eigenvalue weighted by Crippen LogP contribution is -2.39. The lowest BCUT2D eigenvalue weighted by atomic mass is 10.1. The number of nitrogens with zero attached hydrogens (tertiary/aromatic N) is 2. The predicted molar refractivity (Wildman–Crippen MR) is 124 cm³/mol. The van der Waals surface area contributed by atoms with Crippen molar-refractivity contribution in [3.63, 3.8) is 0 Å². The minimum absolute atomic E-state index is 0.121. The topological polar surface area (TPSA) is 79.0 Å². The number of nitrogens with one attached hydrogen (secondary N) is 1. The first-order valence-electron chi connectivity index (χ1n) is 10.2. The van der Waals surface area contributed by atoms with Crippen LogP contribution in [-0.2, 0) is 16.0 Å². The van der Waals surface area contributed by atoms with Gasteiger partial charge in [0.2, 0.25) is 5.91 Å². The monoisotopic (exact) mass is 449 g/mol. The molecule has 1 fully saturated rings. The Morgan fingerprint density at radius 1 is 1.06 bits per heavy atom. The summed E-state index contributed by atoms with van der Waals surface area (Å²) in [7, 11) is 1.52. The Kier molecular flexibility index (Phi) is 6.51. The summed E-state index contributed by atoms with van der Waals surface area (Å²) in [4.78, 5) is 43.1. The van der Waals surface area contributed by atoms with E-state index in [0.717, 1.165) is 9.78 Å². The van der Waals surface area contributed by atoms with Gasteiger partial charge in [-0.2, -0.15) is 0 Å². The van der Waals surface area contributed by atoms with Crippen molar-refractivity contribution in [3.05, 3.63) is 77.0 Å². The Balaban J connectivity index is 1.57. The summed E-state index contributed by atoms with van der Waals surface area (Å²) in [5.41, 5.74) is 1.07. The van der Waals surface area contributed by atoms with Gasteiger partial charge in [-0.1, -0.05) is 30.3 Å². The molecule has 4 rings (SSSR count). The van der Waals surface area contributed by atoms with Crippen LogP contribution in [0.4, 0.5) is 16.2 Å². The first-order chi connectivity index (χ1) is 15.6. The summed E-state index contributed by atoms with van der Waals surface area (Å²) in [6.45, 7) is 0.342. The van der Waals surface area contributed by atoms with E-state index in [0.29, 0.717) is 30.1 Å². The van der Waals surface area contributed by atoms with Crippen molar-refractivity contribution in [3.8, 4) is 5.75 Å². The number of carbonyl (C=O) groups excluding carboxylic acids is 3. The molecule has 3 aromatic rings. The number of amides is 4. The summed E-state index contributed by atoms with van der Waals surface area (Å²) in [5, 5.41) is 4.77. The quantitative estimate of drug-likeness (QED) is 0.524. The maximum Gasteiger partial charge on any atom is 0.332 e. The molecule has 32 heavy (non-hydrogen) atoms. The van der Waals surface area contributed by atoms with Crippen molar-refractivity contribution in [2.75, 3.05) is 23.9 Å². The van der Waals surface area contributed by atoms with E-state index in [9.17, 15) is 14.4 Å². The number of para-hydroxylation sites is 1. The van der Waals surface area contributed by atoms with E-state index in [1.165, 1.54) is 12.0 Å². The van der Waals surface area contributed by atoms with Gasteiger partial charge in [0.05, 0.1) is 19.2 Å². The number of ether oxygens (including phenoxy) is 1. The lowest BCUT2D eigenvalue weighted by molar-refractivity contribution is -0.124. The number of rotatable bonds is 8. The molecule has 0 spiro atoms. The van der Waals surface area contributed by atoms with E-state index in [4.69, 9.17) is 4.74 Å². The molecule has 0 aliphatic carbocycles. The number of imide groups is 1. The Morgan fingerprint density at radius 2 is 1.88 bits per heavy atom. The summed E-state index contributed by atoms with van der Waals surface area (Å²) in [5.74, 6) is -0.202. The Labute approximate surface area is 190 Å². The highest BCUT2D eigenvalue weighted by Crippen LogP contribution is 2.30. The molecule has 1 N–H and O–H groups in total. The number of hydrogen-bond donors (Lipinski definition) is 1. The number of thiophene rings is 1. The van der Waals surface area contributed by atoms with Crippen LogP contribution < -0.4 is 15.0 Å². The number of urea groups is 1. The van der Waals surface area contributed by atoms with E-state index in [2.05, 4.69) is 5.32 Å². The fraction of sp³-hybridized carbons (Fsp3) is 0.208. The molecule has 1 aliphatic rings. The largest absolute Gasteiger partial charge is 0.497 e. The highest BCUT2D eigenvalue weighted by molar-refractivity contribution is 7.09. The van der Waals surface area contributed by atoms with Crippen LogP contribution in [0.15, 0.2) is 72.1 Å². The van der Waals surface area contributed by atoms with Gasteiger partial charge in [-0.3, -0.25) is 9.59 Å². The second-order valence-corrected chi connectivity index (χ2v) is 8.35. The van der Waals surface area contributed by atoms with E-state index in [1.54, 1.807) is 47.7 Å². The maximum absolute atomic E-state index is 13.3. The minimum atomic E-state index is -0.877. The van der Waals surface area contributed by atoms with Gasteiger partial charge >= 0.3 is 6.03 Å². The minimum Gasteiger partial charge on any atom is -0.497 e. The van der Waals surface area contributed by atoms with Crippen LogP contribution in [0, 0.1) is 0 Å². The molecule has 2 aromatic carbocycles. The van der Waals surface area contributed by atoms with E-state index < -0.39 is 18.0 Å². The van der Waals surface area contributed by atoms with Gasteiger partial charge < -0.3 is 15.0 Å². The molecule has 1 atom stereocenters. The van der Waals surface area contributed by atoms with Crippen LogP contribution in [0.1, 0.15) is 11.3 Å². The normalized spacial score (nSPS) is 15.8. The molecule has 4 amide bonds. The molecule has 164 valence electrons. The second kappa shape index (κ2) is 9.65. The molecule has 7 nitrogen and oxygen atoms in total. The smallest absolute Gasteiger partial charge is 0.332 e. The fourth-order valence-electron chi connectivity index (χ4n) is 3.67. The van der Waals surface area contributed by atoms with Crippen molar-refractivity contribution in [1.82, 2.24) is 4.90 Å². The molecule has 1 saturated heterocycles. The van der Waals surface area contributed by atoms with Gasteiger partial charge in [-0.25, -0.2) is 9.69 Å². The maximum atomic E-state index is 13.3. The summed E-state index contributed by atoms with van der Waals surface area (Å²) in [6.07, 6.45) is 0.490. The molecular formula is C24H23N3O4S. The van der Waals surface area contributed by atoms with Crippen LogP contribution in [0.25, 0.3) is 0 Å². The van der Waals surface area contributed by atoms with Gasteiger partial charge in [0.25, 0.3) is 5.91 Å².